The molecule has 180 valence electrons. The van der Waals surface area contributed by atoms with Crippen LogP contribution in [0.5, 0.6) is 0 Å². The van der Waals surface area contributed by atoms with E-state index in [1.807, 2.05) is 32.9 Å². The number of hydrogen-bond acceptors (Lipinski definition) is 5. The number of aryl methyl sites for hydroxylation is 1. The van der Waals surface area contributed by atoms with Gasteiger partial charge in [0.05, 0.1) is 25.5 Å². The van der Waals surface area contributed by atoms with Gasteiger partial charge in [-0.3, -0.25) is 9.59 Å². The largest absolute Gasteiger partial charge is 0.467 e. The summed E-state index contributed by atoms with van der Waals surface area (Å²) < 4.78 is 12.5. The van der Waals surface area contributed by atoms with Crippen LogP contribution in [0.3, 0.4) is 0 Å². The van der Waals surface area contributed by atoms with E-state index in [0.717, 1.165) is 5.56 Å². The molecule has 0 saturated carbocycles. The molecule has 2 heterocycles. The summed E-state index contributed by atoms with van der Waals surface area (Å²) in [6.45, 7) is 11.8. The molecule has 0 unspecified atom stereocenters. The number of carbonyl (C=O) groups excluding carboxylic acids is 3. The SMILES string of the molecule is CCOC(=O)c1c(C)c(C(=O)[C@H](C)N(Cc2ccco2)C(=O)c2ccc(C)cc2)c(C)n1CC. The first-order chi connectivity index (χ1) is 16.2. The number of Topliss-reactive ketones (excluding diaryl/α,β-unsaturated/α-hetero) is 1. The quantitative estimate of drug-likeness (QED) is 0.324. The minimum atomic E-state index is -0.793. The molecule has 1 amide bonds. The van der Waals surface area contributed by atoms with Crippen molar-refractivity contribution in [1.29, 1.82) is 0 Å². The highest BCUT2D eigenvalue weighted by molar-refractivity contribution is 6.07. The van der Waals surface area contributed by atoms with Crippen molar-refractivity contribution in [3.63, 3.8) is 0 Å². The molecule has 1 aromatic carbocycles. The fourth-order valence-corrected chi connectivity index (χ4v) is 4.28. The molecule has 1 atom stereocenters. The third kappa shape index (κ3) is 4.83. The zero-order valence-electron chi connectivity index (χ0n) is 20.7. The van der Waals surface area contributed by atoms with E-state index in [9.17, 15) is 14.4 Å². The number of aromatic nitrogens is 1. The molecule has 0 aliphatic carbocycles. The number of rotatable bonds is 9. The molecule has 7 nitrogen and oxygen atoms in total. The molecular weight excluding hydrogens is 432 g/mol. The Morgan fingerprint density at radius 3 is 2.29 bits per heavy atom. The van der Waals surface area contributed by atoms with Crippen molar-refractivity contribution >= 4 is 17.7 Å². The zero-order valence-corrected chi connectivity index (χ0v) is 20.7. The van der Waals surface area contributed by atoms with Gasteiger partial charge < -0.3 is 18.6 Å². The molecule has 34 heavy (non-hydrogen) atoms. The van der Waals surface area contributed by atoms with Gasteiger partial charge in [-0.05, 0) is 71.4 Å². The zero-order chi connectivity index (χ0) is 25.0. The lowest BCUT2D eigenvalue weighted by molar-refractivity contribution is 0.0512. The Balaban J connectivity index is 2.03. The topological polar surface area (TPSA) is 81.8 Å². The second-order valence-electron chi connectivity index (χ2n) is 8.32. The lowest BCUT2D eigenvalue weighted by atomic mass is 9.99. The average Bonchev–Trinajstić information content (AvgIpc) is 3.42. The maximum atomic E-state index is 13.8. The minimum absolute atomic E-state index is 0.143. The Morgan fingerprint density at radius 1 is 1.06 bits per heavy atom. The summed E-state index contributed by atoms with van der Waals surface area (Å²) in [6.07, 6.45) is 1.54. The van der Waals surface area contributed by atoms with E-state index < -0.39 is 12.0 Å². The molecule has 0 radical (unpaired) electrons. The molecule has 2 aromatic heterocycles. The molecular formula is C27H32N2O5. The first-order valence-electron chi connectivity index (χ1n) is 11.5. The Hall–Kier alpha value is -3.61. The standard InChI is InChI=1S/C27H32N2O5/c1-7-28-19(5)23(18(4)24(28)27(32)33-8-2)25(30)20(6)29(16-22-10-9-15-34-22)26(31)21-13-11-17(3)12-14-21/h9-15,20H,7-8,16H2,1-6H3/t20-/m0/s1. The highest BCUT2D eigenvalue weighted by Crippen LogP contribution is 2.27. The van der Waals surface area contributed by atoms with E-state index in [0.29, 0.717) is 40.4 Å². The number of carbonyl (C=O) groups is 3. The maximum absolute atomic E-state index is 13.8. The Labute approximate surface area is 200 Å². The van der Waals surface area contributed by atoms with Crippen LogP contribution in [0.15, 0.2) is 47.1 Å². The monoisotopic (exact) mass is 464 g/mol. The molecule has 3 rings (SSSR count). The van der Waals surface area contributed by atoms with Gasteiger partial charge in [-0.2, -0.15) is 0 Å². The second-order valence-corrected chi connectivity index (χ2v) is 8.32. The number of esters is 1. The molecule has 0 spiro atoms. The summed E-state index contributed by atoms with van der Waals surface area (Å²) in [5.74, 6) is -0.389. The van der Waals surface area contributed by atoms with Gasteiger partial charge in [0.1, 0.15) is 11.5 Å². The predicted molar refractivity (Wildman–Crippen MR) is 129 cm³/mol. The van der Waals surface area contributed by atoms with Crippen molar-refractivity contribution in [3.8, 4) is 0 Å². The number of amides is 1. The van der Waals surface area contributed by atoms with E-state index >= 15 is 0 Å². The van der Waals surface area contributed by atoms with Crippen LogP contribution in [0, 0.1) is 20.8 Å². The van der Waals surface area contributed by atoms with Crippen LogP contribution >= 0.6 is 0 Å². The van der Waals surface area contributed by atoms with Gasteiger partial charge in [0, 0.05) is 23.4 Å². The summed E-state index contributed by atoms with van der Waals surface area (Å²) in [7, 11) is 0. The van der Waals surface area contributed by atoms with Crippen molar-refractivity contribution in [2.75, 3.05) is 6.61 Å². The summed E-state index contributed by atoms with van der Waals surface area (Å²) in [5.41, 5.74) is 3.59. The van der Waals surface area contributed by atoms with Crippen molar-refractivity contribution in [1.82, 2.24) is 9.47 Å². The number of ketones is 1. The fraction of sp³-hybridized carbons (Fsp3) is 0.370. The van der Waals surface area contributed by atoms with Gasteiger partial charge >= 0.3 is 5.97 Å². The van der Waals surface area contributed by atoms with Crippen LogP contribution in [-0.2, 0) is 17.8 Å². The lowest BCUT2D eigenvalue weighted by Crippen LogP contribution is -2.43. The van der Waals surface area contributed by atoms with Gasteiger partial charge in [0.15, 0.2) is 5.78 Å². The average molecular weight is 465 g/mol. The van der Waals surface area contributed by atoms with Crippen LogP contribution in [-0.4, -0.2) is 39.8 Å². The molecule has 0 saturated heterocycles. The van der Waals surface area contributed by atoms with Crippen molar-refractivity contribution in [3.05, 3.63) is 82.1 Å². The Bertz CT molecular complexity index is 1170. The van der Waals surface area contributed by atoms with E-state index in [2.05, 4.69) is 0 Å². The van der Waals surface area contributed by atoms with Crippen LogP contribution in [0.2, 0.25) is 0 Å². The normalized spacial score (nSPS) is 11.8. The number of nitrogens with zero attached hydrogens (tertiary/aromatic N) is 2. The Morgan fingerprint density at radius 2 is 1.74 bits per heavy atom. The minimum Gasteiger partial charge on any atom is -0.467 e. The van der Waals surface area contributed by atoms with Gasteiger partial charge in [0.2, 0.25) is 0 Å². The highest BCUT2D eigenvalue weighted by atomic mass is 16.5. The summed E-state index contributed by atoms with van der Waals surface area (Å²) in [6, 6.07) is 9.98. The van der Waals surface area contributed by atoms with E-state index in [1.54, 1.807) is 49.6 Å². The van der Waals surface area contributed by atoms with Crippen LogP contribution in [0.1, 0.15) is 74.6 Å². The molecule has 0 aliphatic heterocycles. The van der Waals surface area contributed by atoms with Gasteiger partial charge in [0.25, 0.3) is 5.91 Å². The first-order valence-corrected chi connectivity index (χ1v) is 11.5. The molecule has 0 bridgehead atoms. The van der Waals surface area contributed by atoms with E-state index in [-0.39, 0.29) is 24.8 Å². The smallest absolute Gasteiger partial charge is 0.355 e. The summed E-state index contributed by atoms with van der Waals surface area (Å²) in [4.78, 5) is 41.5. The fourth-order valence-electron chi connectivity index (χ4n) is 4.28. The molecule has 0 fully saturated rings. The van der Waals surface area contributed by atoms with Crippen molar-refractivity contribution in [2.24, 2.45) is 0 Å². The number of furan rings is 1. The molecule has 0 aliphatic rings. The predicted octanol–water partition coefficient (Wildman–Crippen LogP) is 5.12. The van der Waals surface area contributed by atoms with E-state index in [4.69, 9.17) is 9.15 Å². The van der Waals surface area contributed by atoms with Gasteiger partial charge in [-0.25, -0.2) is 4.79 Å². The van der Waals surface area contributed by atoms with Gasteiger partial charge in [-0.15, -0.1) is 0 Å². The second kappa shape index (κ2) is 10.5. The Kier molecular flexibility index (Phi) is 7.76. The van der Waals surface area contributed by atoms with E-state index in [1.165, 1.54) is 11.2 Å². The summed E-state index contributed by atoms with van der Waals surface area (Å²) >= 11 is 0. The number of ether oxygens (including phenoxy) is 1. The third-order valence-corrected chi connectivity index (χ3v) is 6.11. The molecule has 7 heteroatoms. The summed E-state index contributed by atoms with van der Waals surface area (Å²) in [5, 5.41) is 0. The third-order valence-electron chi connectivity index (χ3n) is 6.11. The van der Waals surface area contributed by atoms with Crippen LogP contribution < -0.4 is 0 Å². The van der Waals surface area contributed by atoms with Crippen molar-refractivity contribution < 1.29 is 23.5 Å². The van der Waals surface area contributed by atoms with Gasteiger partial charge in [-0.1, -0.05) is 17.7 Å². The molecule has 3 aromatic rings. The number of hydrogen-bond donors (Lipinski definition) is 0. The highest BCUT2D eigenvalue weighted by Gasteiger charge is 2.33. The number of benzene rings is 1. The first kappa shape index (κ1) is 25.0. The lowest BCUT2D eigenvalue weighted by Gasteiger charge is -2.28. The maximum Gasteiger partial charge on any atom is 0.355 e. The van der Waals surface area contributed by atoms with Crippen LogP contribution in [0.25, 0.3) is 0 Å². The van der Waals surface area contributed by atoms with Crippen molar-refractivity contribution in [2.45, 2.75) is 60.7 Å². The molecule has 0 N–H and O–H groups in total. The van der Waals surface area contributed by atoms with Crippen LogP contribution in [0.4, 0.5) is 0 Å².